The van der Waals surface area contributed by atoms with Crippen LogP contribution in [0, 0.1) is 5.82 Å². The lowest BCUT2D eigenvalue weighted by molar-refractivity contribution is 0.623. The van der Waals surface area contributed by atoms with Crippen molar-refractivity contribution in [2.75, 3.05) is 5.73 Å². The Labute approximate surface area is 116 Å². The molecular weight excluding hydrogens is 255 g/mol. The molecule has 1 aromatic carbocycles. The van der Waals surface area contributed by atoms with Crippen LogP contribution in [-0.2, 0) is 0 Å². The average Bonchev–Trinajstić information content (AvgIpc) is 2.80. The third kappa shape index (κ3) is 1.82. The van der Waals surface area contributed by atoms with Gasteiger partial charge in [0.05, 0.1) is 17.4 Å². The largest absolute Gasteiger partial charge is 0.397 e. The maximum atomic E-state index is 13.9. The van der Waals surface area contributed by atoms with Gasteiger partial charge >= 0.3 is 0 Å². The van der Waals surface area contributed by atoms with Crippen molar-refractivity contribution in [2.45, 2.75) is 19.9 Å². The molecule has 0 spiro atoms. The van der Waals surface area contributed by atoms with Gasteiger partial charge in [-0.3, -0.25) is 4.98 Å². The van der Waals surface area contributed by atoms with Crippen molar-refractivity contribution in [2.24, 2.45) is 0 Å². The fourth-order valence-corrected chi connectivity index (χ4v) is 2.41. The highest BCUT2D eigenvalue weighted by molar-refractivity contribution is 5.84. The Morgan fingerprint density at radius 3 is 2.75 bits per heavy atom. The number of fused-ring (bicyclic) bond motifs is 1. The van der Waals surface area contributed by atoms with Gasteiger partial charge in [0.1, 0.15) is 11.3 Å². The Bertz CT molecular complexity index is 777. The maximum Gasteiger partial charge on any atom is 0.151 e. The van der Waals surface area contributed by atoms with Crippen LogP contribution in [0.1, 0.15) is 19.9 Å². The van der Waals surface area contributed by atoms with E-state index in [1.54, 1.807) is 24.5 Å². The monoisotopic (exact) mass is 270 g/mol. The Morgan fingerprint density at radius 2 is 2.05 bits per heavy atom. The first-order valence-electron chi connectivity index (χ1n) is 6.46. The molecule has 2 N–H and O–H groups in total. The van der Waals surface area contributed by atoms with Crippen molar-refractivity contribution in [3.8, 4) is 11.4 Å². The number of nitrogens with zero attached hydrogens (tertiary/aromatic N) is 3. The van der Waals surface area contributed by atoms with E-state index in [0.717, 1.165) is 11.1 Å². The predicted molar refractivity (Wildman–Crippen MR) is 77.7 cm³/mol. The fourth-order valence-electron chi connectivity index (χ4n) is 2.41. The Morgan fingerprint density at radius 1 is 1.25 bits per heavy atom. The summed E-state index contributed by atoms with van der Waals surface area (Å²) in [6, 6.07) is 6.92. The standard InChI is InChI=1S/C15H15FN4/c1-9(2)20-13-5-3-4-11(16)14(13)19-15(20)10-6-7-18-8-12(10)17/h3-9H,17H2,1-2H3. The highest BCUT2D eigenvalue weighted by Crippen LogP contribution is 2.31. The van der Waals surface area contributed by atoms with Crippen molar-refractivity contribution in [1.82, 2.24) is 14.5 Å². The van der Waals surface area contributed by atoms with Crippen molar-refractivity contribution in [3.05, 3.63) is 42.5 Å². The average molecular weight is 270 g/mol. The van der Waals surface area contributed by atoms with Crippen LogP contribution in [0.4, 0.5) is 10.1 Å². The number of pyridine rings is 1. The van der Waals surface area contributed by atoms with Gasteiger partial charge in [-0.25, -0.2) is 9.37 Å². The number of anilines is 1. The van der Waals surface area contributed by atoms with E-state index in [1.807, 2.05) is 24.5 Å². The molecule has 0 atom stereocenters. The van der Waals surface area contributed by atoms with E-state index in [0.29, 0.717) is 17.0 Å². The number of aromatic nitrogens is 3. The van der Waals surface area contributed by atoms with E-state index in [-0.39, 0.29) is 11.9 Å². The number of halogens is 1. The topological polar surface area (TPSA) is 56.7 Å². The third-order valence-corrected chi connectivity index (χ3v) is 3.28. The van der Waals surface area contributed by atoms with Crippen LogP contribution in [0.3, 0.4) is 0 Å². The summed E-state index contributed by atoms with van der Waals surface area (Å²) in [4.78, 5) is 8.43. The molecule has 2 heterocycles. The SMILES string of the molecule is CC(C)n1c(-c2ccncc2N)nc2c(F)cccc21. The summed E-state index contributed by atoms with van der Waals surface area (Å²) in [5, 5.41) is 0. The van der Waals surface area contributed by atoms with Gasteiger partial charge in [0, 0.05) is 17.8 Å². The number of para-hydroxylation sites is 1. The molecule has 0 radical (unpaired) electrons. The first-order chi connectivity index (χ1) is 9.59. The Kier molecular flexibility index (Phi) is 2.89. The number of hydrogen-bond acceptors (Lipinski definition) is 3. The summed E-state index contributed by atoms with van der Waals surface area (Å²) in [5.74, 6) is 0.343. The molecule has 0 amide bonds. The molecule has 4 nitrogen and oxygen atoms in total. The molecule has 102 valence electrons. The van der Waals surface area contributed by atoms with Gasteiger partial charge in [-0.1, -0.05) is 6.07 Å². The highest BCUT2D eigenvalue weighted by Gasteiger charge is 2.18. The van der Waals surface area contributed by atoms with Gasteiger partial charge in [-0.05, 0) is 32.0 Å². The van der Waals surface area contributed by atoms with Crippen molar-refractivity contribution >= 4 is 16.7 Å². The van der Waals surface area contributed by atoms with Gasteiger partial charge in [0.25, 0.3) is 0 Å². The molecule has 0 bridgehead atoms. The smallest absolute Gasteiger partial charge is 0.151 e. The van der Waals surface area contributed by atoms with Crippen LogP contribution in [0.15, 0.2) is 36.7 Å². The zero-order chi connectivity index (χ0) is 14.3. The second kappa shape index (κ2) is 4.59. The molecule has 20 heavy (non-hydrogen) atoms. The quantitative estimate of drug-likeness (QED) is 0.776. The number of imidazole rings is 1. The number of hydrogen-bond donors (Lipinski definition) is 1. The molecule has 3 aromatic rings. The van der Waals surface area contributed by atoms with Crippen molar-refractivity contribution < 1.29 is 4.39 Å². The first kappa shape index (κ1) is 12.6. The van der Waals surface area contributed by atoms with Crippen molar-refractivity contribution in [1.29, 1.82) is 0 Å². The molecular formula is C15H15FN4. The maximum absolute atomic E-state index is 13.9. The molecule has 2 aromatic heterocycles. The lowest BCUT2D eigenvalue weighted by Gasteiger charge is -2.13. The molecule has 0 aliphatic heterocycles. The van der Waals surface area contributed by atoms with Crippen LogP contribution in [0.5, 0.6) is 0 Å². The minimum Gasteiger partial charge on any atom is -0.397 e. The number of nitrogen functional groups attached to an aromatic ring is 1. The molecule has 3 rings (SSSR count). The van der Waals surface area contributed by atoms with Crippen molar-refractivity contribution in [3.63, 3.8) is 0 Å². The lowest BCUT2D eigenvalue weighted by atomic mass is 10.2. The van der Waals surface area contributed by atoms with Gasteiger partial charge in [-0.2, -0.15) is 0 Å². The number of rotatable bonds is 2. The lowest BCUT2D eigenvalue weighted by Crippen LogP contribution is -2.04. The fraction of sp³-hybridized carbons (Fsp3) is 0.200. The number of nitrogens with two attached hydrogens (primary N) is 1. The van der Waals surface area contributed by atoms with E-state index in [1.165, 1.54) is 6.07 Å². The summed E-state index contributed by atoms with van der Waals surface area (Å²) in [7, 11) is 0. The van der Waals surface area contributed by atoms with Crippen LogP contribution in [0.2, 0.25) is 0 Å². The van der Waals surface area contributed by atoms with E-state index in [4.69, 9.17) is 5.73 Å². The third-order valence-electron chi connectivity index (χ3n) is 3.28. The van der Waals surface area contributed by atoms with Gasteiger partial charge in [0.2, 0.25) is 0 Å². The second-order valence-corrected chi connectivity index (χ2v) is 4.97. The Hall–Kier alpha value is -2.43. The summed E-state index contributed by atoms with van der Waals surface area (Å²) in [6.45, 7) is 4.07. The van der Waals surface area contributed by atoms with Gasteiger partial charge in [-0.15, -0.1) is 0 Å². The van der Waals surface area contributed by atoms with Crippen LogP contribution < -0.4 is 5.73 Å². The summed E-state index contributed by atoms with van der Waals surface area (Å²) >= 11 is 0. The molecule has 0 saturated carbocycles. The minimum atomic E-state index is -0.323. The molecule has 0 aliphatic carbocycles. The molecule has 5 heteroatoms. The molecule has 0 fully saturated rings. The summed E-state index contributed by atoms with van der Waals surface area (Å²) < 4.78 is 15.9. The van der Waals surface area contributed by atoms with Crippen LogP contribution in [0.25, 0.3) is 22.4 Å². The zero-order valence-corrected chi connectivity index (χ0v) is 11.3. The summed E-state index contributed by atoms with van der Waals surface area (Å²) in [5.41, 5.74) is 8.41. The van der Waals surface area contributed by atoms with E-state index in [2.05, 4.69) is 9.97 Å². The molecule has 0 aliphatic rings. The van der Waals surface area contributed by atoms with E-state index < -0.39 is 0 Å². The van der Waals surface area contributed by atoms with Crippen LogP contribution >= 0.6 is 0 Å². The first-order valence-corrected chi connectivity index (χ1v) is 6.46. The minimum absolute atomic E-state index is 0.143. The zero-order valence-electron chi connectivity index (χ0n) is 11.3. The Balaban J connectivity index is 2.39. The molecule has 0 saturated heterocycles. The van der Waals surface area contributed by atoms with Gasteiger partial charge < -0.3 is 10.3 Å². The predicted octanol–water partition coefficient (Wildman–Crippen LogP) is 3.40. The second-order valence-electron chi connectivity index (χ2n) is 4.97. The van der Waals surface area contributed by atoms with E-state index >= 15 is 0 Å². The normalized spacial score (nSPS) is 11.4. The number of benzene rings is 1. The molecule has 0 unspecified atom stereocenters. The van der Waals surface area contributed by atoms with Gasteiger partial charge in [0.15, 0.2) is 5.82 Å². The van der Waals surface area contributed by atoms with E-state index in [9.17, 15) is 4.39 Å². The summed E-state index contributed by atoms with van der Waals surface area (Å²) in [6.07, 6.45) is 3.24. The highest BCUT2D eigenvalue weighted by atomic mass is 19.1. The van der Waals surface area contributed by atoms with Crippen LogP contribution in [-0.4, -0.2) is 14.5 Å².